The Hall–Kier alpha value is -0.150. The van der Waals surface area contributed by atoms with Crippen molar-refractivity contribution in [3.05, 3.63) is 0 Å². The molecule has 1 aliphatic rings. The van der Waals surface area contributed by atoms with E-state index in [0.29, 0.717) is 18.9 Å². The maximum atomic E-state index is 12.3. The van der Waals surface area contributed by atoms with E-state index in [1.54, 1.807) is 0 Å². The number of alkyl halides is 1. The predicted molar refractivity (Wildman–Crippen MR) is 46.9 cm³/mol. The molecular weight excluding hydrogens is 157 g/mol. The Labute approximate surface area is 73.4 Å². The molecule has 0 aromatic carbocycles. The summed E-state index contributed by atoms with van der Waals surface area (Å²) in [6, 6.07) is 0.508. The van der Waals surface area contributed by atoms with Crippen molar-refractivity contribution in [2.45, 2.75) is 38.3 Å². The molecule has 0 aromatic heterocycles. The summed E-state index contributed by atoms with van der Waals surface area (Å²) >= 11 is 0. The summed E-state index contributed by atoms with van der Waals surface area (Å²) < 4.78 is 12.3. The second kappa shape index (κ2) is 3.71. The number of likely N-dealkylation sites (tertiary alicyclic amines) is 1. The molecule has 0 spiro atoms. The second-order valence-corrected chi connectivity index (χ2v) is 3.99. The molecule has 1 aliphatic heterocycles. The summed E-state index contributed by atoms with van der Waals surface area (Å²) in [4.78, 5) is 2.27. The predicted octanol–water partition coefficient (Wildman–Crippen LogP) is 1.19. The first kappa shape index (κ1) is 9.93. The van der Waals surface area contributed by atoms with E-state index in [-0.39, 0.29) is 0 Å². The lowest BCUT2D eigenvalue weighted by atomic mass is 9.92. The molecule has 12 heavy (non-hydrogen) atoms. The number of hydrogen-bond donors (Lipinski definition) is 1. The number of halogens is 1. The molecule has 0 atom stereocenters. The normalized spacial score (nSPS) is 24.8. The Morgan fingerprint density at radius 1 is 1.42 bits per heavy atom. The minimum Gasteiger partial charge on any atom is -0.387 e. The Kier molecular flexibility index (Phi) is 3.07. The van der Waals surface area contributed by atoms with Crippen LogP contribution in [0.15, 0.2) is 0 Å². The van der Waals surface area contributed by atoms with E-state index in [1.807, 2.05) is 0 Å². The largest absolute Gasteiger partial charge is 0.387 e. The van der Waals surface area contributed by atoms with Gasteiger partial charge in [-0.2, -0.15) is 0 Å². The lowest BCUT2D eigenvalue weighted by molar-refractivity contribution is -0.0436. The van der Waals surface area contributed by atoms with Gasteiger partial charge in [-0.25, -0.2) is 4.39 Å². The molecule has 0 aromatic rings. The van der Waals surface area contributed by atoms with Gasteiger partial charge in [-0.05, 0) is 26.7 Å². The molecule has 0 saturated carbocycles. The molecule has 1 heterocycles. The molecule has 72 valence electrons. The van der Waals surface area contributed by atoms with Crippen molar-refractivity contribution in [2.24, 2.45) is 0 Å². The third-order valence-electron chi connectivity index (χ3n) is 2.71. The minimum atomic E-state index is -1.02. The van der Waals surface area contributed by atoms with Gasteiger partial charge in [0.2, 0.25) is 0 Å². The third kappa shape index (κ3) is 2.17. The van der Waals surface area contributed by atoms with Crippen LogP contribution in [0.25, 0.3) is 0 Å². The first-order chi connectivity index (χ1) is 5.57. The zero-order valence-electron chi connectivity index (χ0n) is 7.89. The van der Waals surface area contributed by atoms with Gasteiger partial charge in [-0.3, -0.25) is 0 Å². The molecule has 1 rings (SSSR count). The summed E-state index contributed by atoms with van der Waals surface area (Å²) in [6.45, 7) is 5.29. The van der Waals surface area contributed by atoms with Crippen molar-refractivity contribution >= 4 is 0 Å². The lowest BCUT2D eigenvalue weighted by Gasteiger charge is -2.38. The Balaban J connectivity index is 2.39. The van der Waals surface area contributed by atoms with Gasteiger partial charge in [-0.15, -0.1) is 0 Å². The highest BCUT2D eigenvalue weighted by Crippen LogP contribution is 2.23. The number of hydrogen-bond acceptors (Lipinski definition) is 2. The van der Waals surface area contributed by atoms with E-state index < -0.39 is 12.3 Å². The minimum absolute atomic E-state index is 0.508. The fourth-order valence-electron chi connectivity index (χ4n) is 1.59. The average Bonchev–Trinajstić information content (AvgIpc) is 2.05. The number of aliphatic hydroxyl groups is 1. The summed E-state index contributed by atoms with van der Waals surface area (Å²) in [6.07, 6.45) is 1.14. The Bertz CT molecular complexity index is 141. The van der Waals surface area contributed by atoms with Gasteiger partial charge in [0.1, 0.15) is 6.67 Å². The molecular formula is C9H18FNO. The maximum Gasteiger partial charge on any atom is 0.118 e. The van der Waals surface area contributed by atoms with Crippen molar-refractivity contribution in [3.8, 4) is 0 Å². The van der Waals surface area contributed by atoms with Crippen LogP contribution in [0, 0.1) is 0 Å². The molecule has 1 saturated heterocycles. The van der Waals surface area contributed by atoms with E-state index in [0.717, 1.165) is 13.1 Å². The molecule has 0 amide bonds. The molecule has 0 unspecified atom stereocenters. The van der Waals surface area contributed by atoms with Gasteiger partial charge >= 0.3 is 0 Å². The van der Waals surface area contributed by atoms with Crippen molar-refractivity contribution < 1.29 is 9.50 Å². The summed E-state index contributed by atoms with van der Waals surface area (Å²) in [7, 11) is 0. The van der Waals surface area contributed by atoms with Crippen LogP contribution in [0.1, 0.15) is 26.7 Å². The molecule has 0 radical (unpaired) electrons. The van der Waals surface area contributed by atoms with E-state index in [4.69, 9.17) is 0 Å². The first-order valence-corrected chi connectivity index (χ1v) is 4.60. The van der Waals surface area contributed by atoms with Gasteiger partial charge in [-0.1, -0.05) is 0 Å². The van der Waals surface area contributed by atoms with Gasteiger partial charge in [0, 0.05) is 19.1 Å². The maximum absolute atomic E-state index is 12.3. The van der Waals surface area contributed by atoms with Crippen LogP contribution in [-0.2, 0) is 0 Å². The van der Waals surface area contributed by atoms with Crippen LogP contribution < -0.4 is 0 Å². The fraction of sp³-hybridized carbons (Fsp3) is 1.00. The van der Waals surface area contributed by atoms with Gasteiger partial charge in [0.05, 0.1) is 5.60 Å². The molecule has 0 bridgehead atoms. The van der Waals surface area contributed by atoms with Crippen molar-refractivity contribution in [1.82, 2.24) is 4.90 Å². The quantitative estimate of drug-likeness (QED) is 0.681. The highest BCUT2D eigenvalue weighted by Gasteiger charge is 2.32. The molecule has 2 nitrogen and oxygen atoms in total. The zero-order chi connectivity index (χ0) is 9.19. The van der Waals surface area contributed by atoms with E-state index in [2.05, 4.69) is 18.7 Å². The summed E-state index contributed by atoms with van der Waals surface area (Å²) in [5.74, 6) is 0. The van der Waals surface area contributed by atoms with Gasteiger partial charge in [0.15, 0.2) is 0 Å². The monoisotopic (exact) mass is 175 g/mol. The number of nitrogens with zero attached hydrogens (tertiary/aromatic N) is 1. The van der Waals surface area contributed by atoms with Crippen LogP contribution in [0.2, 0.25) is 0 Å². The zero-order valence-corrected chi connectivity index (χ0v) is 7.89. The van der Waals surface area contributed by atoms with Crippen molar-refractivity contribution in [1.29, 1.82) is 0 Å². The van der Waals surface area contributed by atoms with Crippen LogP contribution >= 0.6 is 0 Å². The van der Waals surface area contributed by atoms with Gasteiger partial charge in [0.25, 0.3) is 0 Å². The number of rotatable bonds is 2. The summed E-state index contributed by atoms with van der Waals surface area (Å²) in [5.41, 5.74) is -1.02. The van der Waals surface area contributed by atoms with Crippen LogP contribution in [0.3, 0.4) is 0 Å². The fourth-order valence-corrected chi connectivity index (χ4v) is 1.59. The molecule has 1 N–H and O–H groups in total. The molecule has 1 fully saturated rings. The van der Waals surface area contributed by atoms with E-state index in [9.17, 15) is 9.50 Å². The van der Waals surface area contributed by atoms with Crippen LogP contribution in [0.4, 0.5) is 4.39 Å². The first-order valence-electron chi connectivity index (χ1n) is 4.60. The second-order valence-electron chi connectivity index (χ2n) is 3.99. The highest BCUT2D eigenvalue weighted by molar-refractivity contribution is 4.86. The van der Waals surface area contributed by atoms with Gasteiger partial charge < -0.3 is 10.0 Å². The van der Waals surface area contributed by atoms with Crippen molar-refractivity contribution in [2.75, 3.05) is 19.8 Å². The molecule has 0 aliphatic carbocycles. The summed E-state index contributed by atoms with van der Waals surface area (Å²) in [5, 5.41) is 9.58. The number of piperidine rings is 1. The van der Waals surface area contributed by atoms with Crippen molar-refractivity contribution in [3.63, 3.8) is 0 Å². The SMILES string of the molecule is CC(C)N1CCC(O)(CF)CC1. The highest BCUT2D eigenvalue weighted by atomic mass is 19.1. The average molecular weight is 175 g/mol. The third-order valence-corrected chi connectivity index (χ3v) is 2.71. The topological polar surface area (TPSA) is 23.5 Å². The standard InChI is InChI=1S/C9H18FNO/c1-8(2)11-5-3-9(12,7-10)4-6-11/h8,12H,3-7H2,1-2H3. The Morgan fingerprint density at radius 3 is 2.25 bits per heavy atom. The molecule has 3 heteroatoms. The lowest BCUT2D eigenvalue weighted by Crippen LogP contribution is -2.47. The van der Waals surface area contributed by atoms with Crippen LogP contribution in [-0.4, -0.2) is 41.4 Å². The van der Waals surface area contributed by atoms with E-state index >= 15 is 0 Å². The smallest absolute Gasteiger partial charge is 0.118 e. The van der Waals surface area contributed by atoms with Crippen LogP contribution in [0.5, 0.6) is 0 Å². The van der Waals surface area contributed by atoms with E-state index in [1.165, 1.54) is 0 Å². The Morgan fingerprint density at radius 2 is 1.92 bits per heavy atom.